The highest BCUT2D eigenvalue weighted by Crippen LogP contribution is 2.23. The average Bonchev–Trinajstić information content (AvgIpc) is 3.22. The van der Waals surface area contributed by atoms with Crippen LogP contribution in [0.1, 0.15) is 15.4 Å². The number of amides is 1. The van der Waals surface area contributed by atoms with E-state index in [-0.39, 0.29) is 5.91 Å². The lowest BCUT2D eigenvalue weighted by molar-refractivity contribution is 0.102. The van der Waals surface area contributed by atoms with Crippen LogP contribution >= 0.6 is 22.9 Å². The van der Waals surface area contributed by atoms with Crippen molar-refractivity contribution in [2.24, 2.45) is 0 Å². The number of pyridine rings is 1. The lowest BCUT2D eigenvalue weighted by atomic mass is 10.2. The van der Waals surface area contributed by atoms with Crippen LogP contribution in [0.25, 0.3) is 10.6 Å². The van der Waals surface area contributed by atoms with E-state index in [9.17, 15) is 4.79 Å². The van der Waals surface area contributed by atoms with Gasteiger partial charge in [0.1, 0.15) is 15.8 Å². The number of benzene rings is 2. The van der Waals surface area contributed by atoms with Crippen molar-refractivity contribution in [1.29, 1.82) is 0 Å². The van der Waals surface area contributed by atoms with E-state index in [0.717, 1.165) is 15.6 Å². The third kappa shape index (κ3) is 4.96. The van der Waals surface area contributed by atoms with Gasteiger partial charge in [-0.05, 0) is 30.3 Å². The predicted molar refractivity (Wildman–Crippen MR) is 116 cm³/mol. The molecule has 0 saturated carbocycles. The first-order valence-electron chi connectivity index (χ1n) is 8.82. The van der Waals surface area contributed by atoms with Crippen LogP contribution in [0.2, 0.25) is 5.02 Å². The van der Waals surface area contributed by atoms with Crippen LogP contribution in [-0.2, 0) is 6.54 Å². The number of carbonyl (C=O) groups is 1. The Kier molecular flexibility index (Phi) is 5.79. The molecule has 0 aliphatic rings. The van der Waals surface area contributed by atoms with Crippen LogP contribution in [0, 0.1) is 0 Å². The van der Waals surface area contributed by atoms with Crippen molar-refractivity contribution in [3.8, 4) is 10.6 Å². The Labute approximate surface area is 176 Å². The van der Waals surface area contributed by atoms with E-state index < -0.39 is 0 Å². The molecule has 0 saturated heterocycles. The van der Waals surface area contributed by atoms with Gasteiger partial charge in [0.05, 0.1) is 12.1 Å². The fraction of sp³-hybridized carbons (Fsp3) is 0.0476. The van der Waals surface area contributed by atoms with Crippen LogP contribution in [0.5, 0.6) is 0 Å². The molecule has 2 aromatic heterocycles. The molecule has 4 rings (SSSR count). The fourth-order valence-electron chi connectivity index (χ4n) is 2.59. The molecule has 0 spiro atoms. The van der Waals surface area contributed by atoms with Gasteiger partial charge in [-0.1, -0.05) is 59.3 Å². The van der Waals surface area contributed by atoms with Crippen LogP contribution in [-0.4, -0.2) is 21.1 Å². The van der Waals surface area contributed by atoms with Crippen molar-refractivity contribution in [3.63, 3.8) is 0 Å². The van der Waals surface area contributed by atoms with Crippen LogP contribution in [0.4, 0.5) is 11.5 Å². The molecule has 0 fully saturated rings. The molecule has 2 N–H and O–H groups in total. The normalized spacial score (nSPS) is 10.5. The predicted octanol–water partition coefficient (Wildman–Crippen LogP) is 5.12. The van der Waals surface area contributed by atoms with Crippen molar-refractivity contribution in [3.05, 3.63) is 88.5 Å². The number of nitrogens with one attached hydrogen (secondary N) is 2. The largest absolute Gasteiger partial charge is 0.363 e. The number of carbonyl (C=O) groups excluding carboxylic acids is 1. The van der Waals surface area contributed by atoms with Gasteiger partial charge in [-0.2, -0.15) is 0 Å². The van der Waals surface area contributed by atoms with Crippen LogP contribution in [0.3, 0.4) is 0 Å². The molecular formula is C21H16ClN5OS. The molecule has 0 unspecified atom stereocenters. The quantitative estimate of drug-likeness (QED) is 0.451. The Morgan fingerprint density at radius 1 is 1.00 bits per heavy atom. The third-order valence-corrected chi connectivity index (χ3v) is 5.22. The zero-order valence-electron chi connectivity index (χ0n) is 15.2. The Morgan fingerprint density at radius 2 is 1.86 bits per heavy atom. The highest BCUT2D eigenvalue weighted by atomic mass is 35.5. The Morgan fingerprint density at radius 3 is 2.62 bits per heavy atom. The molecule has 0 aliphatic heterocycles. The van der Waals surface area contributed by atoms with Gasteiger partial charge in [-0.15, -0.1) is 10.2 Å². The Bertz CT molecular complexity index is 1120. The zero-order valence-corrected chi connectivity index (χ0v) is 16.7. The summed E-state index contributed by atoms with van der Waals surface area (Å²) in [6.07, 6.45) is 1.53. The minimum Gasteiger partial charge on any atom is -0.363 e. The van der Waals surface area contributed by atoms with Gasteiger partial charge < -0.3 is 10.6 Å². The topological polar surface area (TPSA) is 79.8 Å². The number of nitrogens with zero attached hydrogens (tertiary/aromatic N) is 3. The lowest BCUT2D eigenvalue weighted by Crippen LogP contribution is -2.12. The van der Waals surface area contributed by atoms with Gasteiger partial charge in [0.15, 0.2) is 0 Å². The molecule has 6 nitrogen and oxygen atoms in total. The molecule has 144 valence electrons. The molecule has 0 radical (unpaired) electrons. The van der Waals surface area contributed by atoms with Gasteiger partial charge in [-0.3, -0.25) is 4.79 Å². The van der Waals surface area contributed by atoms with E-state index in [1.54, 1.807) is 36.4 Å². The fourth-order valence-corrected chi connectivity index (χ4v) is 3.57. The summed E-state index contributed by atoms with van der Waals surface area (Å²) in [7, 11) is 0. The molecule has 0 atom stereocenters. The summed E-state index contributed by atoms with van der Waals surface area (Å²) in [5.41, 5.74) is 2.14. The molecule has 8 heteroatoms. The lowest BCUT2D eigenvalue weighted by Gasteiger charge is -2.07. The Hall–Kier alpha value is -3.29. The summed E-state index contributed by atoms with van der Waals surface area (Å²) in [6, 6.07) is 20.4. The minimum atomic E-state index is -0.247. The smallest absolute Gasteiger partial charge is 0.257 e. The molecular weight excluding hydrogens is 406 g/mol. The first-order valence-corrected chi connectivity index (χ1v) is 10.0. The first kappa shape index (κ1) is 19.0. The number of hydrogen-bond acceptors (Lipinski definition) is 6. The molecule has 29 heavy (non-hydrogen) atoms. The molecule has 0 bridgehead atoms. The van der Waals surface area contributed by atoms with Gasteiger partial charge >= 0.3 is 0 Å². The number of anilines is 2. The van der Waals surface area contributed by atoms with Crippen molar-refractivity contribution >= 4 is 40.4 Å². The maximum atomic E-state index is 12.3. The third-order valence-electron chi connectivity index (χ3n) is 4.02. The zero-order chi connectivity index (χ0) is 20.1. The summed E-state index contributed by atoms with van der Waals surface area (Å²) >= 11 is 7.46. The van der Waals surface area contributed by atoms with E-state index in [0.29, 0.717) is 28.6 Å². The summed E-state index contributed by atoms with van der Waals surface area (Å²) in [5.74, 6) is 0.406. The maximum absolute atomic E-state index is 12.3. The minimum absolute atomic E-state index is 0.247. The van der Waals surface area contributed by atoms with Crippen molar-refractivity contribution in [1.82, 2.24) is 15.2 Å². The number of halogens is 1. The van der Waals surface area contributed by atoms with Gasteiger partial charge in [0.2, 0.25) is 0 Å². The monoisotopic (exact) mass is 421 g/mol. The van der Waals surface area contributed by atoms with E-state index in [1.165, 1.54) is 17.5 Å². The average molecular weight is 422 g/mol. The molecule has 1 amide bonds. The van der Waals surface area contributed by atoms with Crippen molar-refractivity contribution in [2.75, 3.05) is 10.6 Å². The van der Waals surface area contributed by atoms with E-state index >= 15 is 0 Å². The van der Waals surface area contributed by atoms with Crippen molar-refractivity contribution in [2.45, 2.75) is 6.54 Å². The molecule has 4 aromatic rings. The summed E-state index contributed by atoms with van der Waals surface area (Å²) in [6.45, 7) is 0.506. The molecule has 2 aromatic carbocycles. The number of rotatable bonds is 6. The van der Waals surface area contributed by atoms with Gasteiger partial charge in [0.25, 0.3) is 5.91 Å². The molecule has 0 aliphatic carbocycles. The van der Waals surface area contributed by atoms with Gasteiger partial charge in [-0.25, -0.2) is 4.98 Å². The SMILES string of the molecule is O=C(Nc1cccc(Cl)c1)c1ccc(NCc2nnc(-c3ccccc3)s2)nc1. The van der Waals surface area contributed by atoms with Crippen LogP contribution in [0.15, 0.2) is 72.9 Å². The van der Waals surface area contributed by atoms with Crippen molar-refractivity contribution < 1.29 is 4.79 Å². The van der Waals surface area contributed by atoms with Crippen LogP contribution < -0.4 is 10.6 Å². The first-order chi connectivity index (χ1) is 14.2. The number of hydrogen-bond donors (Lipinski definition) is 2. The maximum Gasteiger partial charge on any atom is 0.257 e. The highest BCUT2D eigenvalue weighted by molar-refractivity contribution is 7.14. The van der Waals surface area contributed by atoms with E-state index in [4.69, 9.17) is 11.6 Å². The Balaban J connectivity index is 1.35. The molecule has 2 heterocycles. The summed E-state index contributed by atoms with van der Waals surface area (Å²) < 4.78 is 0. The van der Waals surface area contributed by atoms with E-state index in [2.05, 4.69) is 25.8 Å². The highest BCUT2D eigenvalue weighted by Gasteiger charge is 2.09. The van der Waals surface area contributed by atoms with E-state index in [1.807, 2.05) is 30.3 Å². The number of aromatic nitrogens is 3. The summed E-state index contributed by atoms with van der Waals surface area (Å²) in [5, 5.41) is 16.7. The summed E-state index contributed by atoms with van der Waals surface area (Å²) in [4.78, 5) is 16.6. The second kappa shape index (κ2) is 8.81. The standard InChI is InChI=1S/C21H16ClN5OS/c22-16-7-4-8-17(11-16)25-20(28)15-9-10-18(23-12-15)24-13-19-26-27-21(29-19)14-5-2-1-3-6-14/h1-12H,13H2,(H,23,24)(H,25,28). The second-order valence-corrected chi connectivity index (χ2v) is 7.62. The second-order valence-electron chi connectivity index (χ2n) is 6.12. The van der Waals surface area contributed by atoms with Gasteiger partial charge in [0, 0.05) is 22.5 Å².